The van der Waals surface area contributed by atoms with Crippen molar-refractivity contribution in [3.63, 3.8) is 0 Å². The average Bonchev–Trinajstić information content (AvgIpc) is 2.60. The number of hydrogen-bond acceptors (Lipinski definition) is 2. The summed E-state index contributed by atoms with van der Waals surface area (Å²) < 4.78 is 1.63. The van der Waals surface area contributed by atoms with E-state index in [0.717, 1.165) is 5.39 Å². The van der Waals surface area contributed by atoms with Crippen LogP contribution in [0.3, 0.4) is 0 Å². The summed E-state index contributed by atoms with van der Waals surface area (Å²) in [6.07, 6.45) is 1.69. The van der Waals surface area contributed by atoms with Gasteiger partial charge in [-0.15, -0.1) is 0 Å². The zero-order valence-electron chi connectivity index (χ0n) is 9.11. The molecular weight excluding hydrogens is 277 g/mol. The van der Waals surface area contributed by atoms with Crippen LogP contribution in [-0.2, 0) is 11.3 Å². The van der Waals surface area contributed by atoms with E-state index in [1.807, 2.05) is 5.32 Å². The lowest BCUT2D eigenvalue weighted by Crippen LogP contribution is -2.37. The minimum atomic E-state index is -0.882. The largest absolute Gasteiger partial charge is 0.351 e. The van der Waals surface area contributed by atoms with Crippen LogP contribution >= 0.6 is 23.2 Å². The smallest absolute Gasteiger partial charge is 0.318 e. The van der Waals surface area contributed by atoms with E-state index in [1.54, 1.807) is 29.0 Å². The van der Waals surface area contributed by atoms with Gasteiger partial charge in [0.1, 0.15) is 6.54 Å². The number of benzene rings is 1. The van der Waals surface area contributed by atoms with Crippen molar-refractivity contribution in [2.24, 2.45) is 5.73 Å². The first-order valence-electron chi connectivity index (χ1n) is 5.00. The van der Waals surface area contributed by atoms with Gasteiger partial charge in [0.05, 0.1) is 10.5 Å². The van der Waals surface area contributed by atoms with E-state index in [9.17, 15) is 9.59 Å². The lowest BCUT2D eigenvalue weighted by molar-refractivity contribution is -0.120. The Labute approximate surface area is 112 Å². The maximum absolute atomic E-state index is 11.4. The molecule has 1 aromatic heterocycles. The standard InChI is InChI=1S/C11H9Cl2N3O2/c12-6-3-8(13)7-1-2-16(9(7)4-6)5-10(17)15-11(14)18/h1-4H,5H2,(H3,14,15,17,18). The molecule has 0 saturated carbocycles. The van der Waals surface area contributed by atoms with Gasteiger partial charge < -0.3 is 10.3 Å². The molecule has 0 atom stereocenters. The number of nitrogens with zero attached hydrogens (tertiary/aromatic N) is 1. The van der Waals surface area contributed by atoms with Crippen LogP contribution < -0.4 is 11.1 Å². The van der Waals surface area contributed by atoms with Gasteiger partial charge in [-0.3, -0.25) is 10.1 Å². The van der Waals surface area contributed by atoms with Gasteiger partial charge in [0.15, 0.2) is 0 Å². The summed E-state index contributed by atoms with van der Waals surface area (Å²) in [7, 11) is 0. The summed E-state index contributed by atoms with van der Waals surface area (Å²) in [5, 5.41) is 3.75. The van der Waals surface area contributed by atoms with Gasteiger partial charge in [-0.2, -0.15) is 0 Å². The fraction of sp³-hybridized carbons (Fsp3) is 0.0909. The molecule has 3 amide bonds. The van der Waals surface area contributed by atoms with Gasteiger partial charge in [0, 0.05) is 16.6 Å². The third-order valence-electron chi connectivity index (χ3n) is 2.38. The number of fused-ring (bicyclic) bond motifs is 1. The van der Waals surface area contributed by atoms with Crippen molar-refractivity contribution in [1.29, 1.82) is 0 Å². The molecule has 0 bridgehead atoms. The van der Waals surface area contributed by atoms with Crippen LogP contribution in [0.1, 0.15) is 0 Å². The summed E-state index contributed by atoms with van der Waals surface area (Å²) in [5.41, 5.74) is 5.58. The molecule has 18 heavy (non-hydrogen) atoms. The van der Waals surface area contributed by atoms with E-state index in [0.29, 0.717) is 15.6 Å². The molecule has 0 aliphatic heterocycles. The molecule has 5 nitrogen and oxygen atoms in total. The number of carbonyl (C=O) groups excluding carboxylic acids is 2. The summed E-state index contributed by atoms with van der Waals surface area (Å²) >= 11 is 11.9. The molecule has 1 heterocycles. The Balaban J connectivity index is 2.35. The number of nitrogens with two attached hydrogens (primary N) is 1. The molecule has 0 fully saturated rings. The third-order valence-corrected chi connectivity index (χ3v) is 2.91. The predicted molar refractivity (Wildman–Crippen MR) is 69.7 cm³/mol. The maximum Gasteiger partial charge on any atom is 0.318 e. The van der Waals surface area contributed by atoms with E-state index in [4.69, 9.17) is 28.9 Å². The molecule has 0 spiro atoms. The fourth-order valence-electron chi connectivity index (χ4n) is 1.69. The van der Waals surface area contributed by atoms with Gasteiger partial charge in [0.25, 0.3) is 0 Å². The predicted octanol–water partition coefficient (Wildman–Crippen LogP) is 2.14. The van der Waals surface area contributed by atoms with Crippen molar-refractivity contribution < 1.29 is 9.59 Å². The van der Waals surface area contributed by atoms with Crippen molar-refractivity contribution in [2.75, 3.05) is 0 Å². The molecule has 0 radical (unpaired) electrons. The first-order valence-corrected chi connectivity index (χ1v) is 5.76. The molecular formula is C11H9Cl2N3O2. The van der Waals surface area contributed by atoms with Crippen LogP contribution in [0.4, 0.5) is 4.79 Å². The highest BCUT2D eigenvalue weighted by atomic mass is 35.5. The molecule has 2 aromatic rings. The summed E-state index contributed by atoms with van der Waals surface area (Å²) in [4.78, 5) is 22.0. The van der Waals surface area contributed by atoms with Crippen LogP contribution in [0.5, 0.6) is 0 Å². The molecule has 94 valence electrons. The number of urea groups is 1. The van der Waals surface area contributed by atoms with Crippen LogP contribution in [0.15, 0.2) is 24.4 Å². The van der Waals surface area contributed by atoms with Crippen molar-refractivity contribution in [2.45, 2.75) is 6.54 Å². The number of rotatable bonds is 2. The van der Waals surface area contributed by atoms with Gasteiger partial charge in [0.2, 0.25) is 5.91 Å². The van der Waals surface area contributed by atoms with Gasteiger partial charge in [-0.1, -0.05) is 23.2 Å². The molecule has 0 aliphatic rings. The van der Waals surface area contributed by atoms with Crippen molar-refractivity contribution >= 4 is 46.0 Å². The Morgan fingerprint density at radius 2 is 2.06 bits per heavy atom. The highest BCUT2D eigenvalue weighted by molar-refractivity contribution is 6.38. The fourth-order valence-corrected chi connectivity index (χ4v) is 2.23. The normalized spacial score (nSPS) is 10.6. The lowest BCUT2D eigenvalue weighted by Gasteiger charge is -2.05. The van der Waals surface area contributed by atoms with Gasteiger partial charge >= 0.3 is 6.03 Å². The SMILES string of the molecule is NC(=O)NC(=O)Cn1ccc2c(Cl)cc(Cl)cc21. The van der Waals surface area contributed by atoms with E-state index in [1.165, 1.54) is 0 Å². The Bertz CT molecular complexity index is 636. The molecule has 1 aromatic carbocycles. The number of nitrogens with one attached hydrogen (secondary N) is 1. The number of hydrogen-bond donors (Lipinski definition) is 2. The molecule has 3 N–H and O–H groups in total. The number of imide groups is 1. The number of amides is 3. The molecule has 0 aliphatic carbocycles. The zero-order valence-corrected chi connectivity index (χ0v) is 10.6. The van der Waals surface area contributed by atoms with Gasteiger partial charge in [-0.05, 0) is 18.2 Å². The highest BCUT2D eigenvalue weighted by Gasteiger charge is 2.10. The van der Waals surface area contributed by atoms with E-state index < -0.39 is 11.9 Å². The molecule has 0 unspecified atom stereocenters. The minimum absolute atomic E-state index is 0.0386. The molecule has 7 heteroatoms. The Morgan fingerprint density at radius 3 is 2.72 bits per heavy atom. The van der Waals surface area contributed by atoms with Crippen LogP contribution in [0.2, 0.25) is 10.0 Å². The number of primary amides is 1. The first kappa shape index (κ1) is 12.7. The second-order valence-corrected chi connectivity index (χ2v) is 4.52. The van der Waals surface area contributed by atoms with Crippen LogP contribution in [0.25, 0.3) is 10.9 Å². The van der Waals surface area contributed by atoms with E-state index in [2.05, 4.69) is 0 Å². The third kappa shape index (κ3) is 2.57. The maximum atomic E-state index is 11.4. The van der Waals surface area contributed by atoms with Crippen molar-refractivity contribution in [3.05, 3.63) is 34.4 Å². The highest BCUT2D eigenvalue weighted by Crippen LogP contribution is 2.28. The topological polar surface area (TPSA) is 77.1 Å². The first-order chi connectivity index (χ1) is 8.47. The minimum Gasteiger partial charge on any atom is -0.351 e. The van der Waals surface area contributed by atoms with E-state index >= 15 is 0 Å². The Kier molecular flexibility index (Phi) is 3.45. The number of aromatic nitrogens is 1. The second-order valence-electron chi connectivity index (χ2n) is 3.68. The van der Waals surface area contributed by atoms with E-state index in [-0.39, 0.29) is 6.54 Å². The van der Waals surface area contributed by atoms with Crippen molar-refractivity contribution in [3.8, 4) is 0 Å². The Morgan fingerprint density at radius 1 is 1.33 bits per heavy atom. The molecule has 0 saturated heterocycles. The van der Waals surface area contributed by atoms with Crippen LogP contribution in [0, 0.1) is 0 Å². The summed E-state index contributed by atoms with van der Waals surface area (Å²) in [6, 6.07) is 4.21. The monoisotopic (exact) mass is 285 g/mol. The zero-order chi connectivity index (χ0) is 13.3. The van der Waals surface area contributed by atoms with Gasteiger partial charge in [-0.25, -0.2) is 4.79 Å². The van der Waals surface area contributed by atoms with Crippen molar-refractivity contribution in [1.82, 2.24) is 9.88 Å². The summed E-state index contributed by atoms with van der Waals surface area (Å²) in [5.74, 6) is -0.504. The quantitative estimate of drug-likeness (QED) is 0.887. The Hall–Kier alpha value is -1.72. The second kappa shape index (κ2) is 4.88. The molecule has 2 rings (SSSR count). The number of halogens is 2. The summed E-state index contributed by atoms with van der Waals surface area (Å²) in [6.45, 7) is -0.0386. The number of carbonyl (C=O) groups is 2. The lowest BCUT2D eigenvalue weighted by atomic mass is 10.2. The average molecular weight is 286 g/mol. The van der Waals surface area contributed by atoms with Crippen LogP contribution in [-0.4, -0.2) is 16.5 Å².